The van der Waals surface area contributed by atoms with E-state index in [2.05, 4.69) is 46.4 Å². The number of carbonyl (C=O) groups is 1. The van der Waals surface area contributed by atoms with Gasteiger partial charge in [-0.1, -0.05) is 46.5 Å². The number of rotatable bonds is 7. The SMILES string of the molecule is Cc1c(-c2c(C)c3c(c(C)c2[C@H](OC(C)(C)C)C(=O)OC2CC(C)CCC2C(C)C)CCN(C2CCCCC2)C3)cc(F)c2c1CCCO2. The second-order valence-corrected chi connectivity index (χ2v) is 17.2. The van der Waals surface area contributed by atoms with E-state index in [1.54, 1.807) is 6.07 Å². The molecule has 2 aromatic carbocycles. The molecule has 4 aliphatic rings. The maximum atomic E-state index is 16.0. The van der Waals surface area contributed by atoms with E-state index in [9.17, 15) is 4.79 Å². The fraction of sp³-hybridized carbons (Fsp3) is 0.698. The van der Waals surface area contributed by atoms with Gasteiger partial charge in [-0.15, -0.1) is 0 Å². The second-order valence-electron chi connectivity index (χ2n) is 17.2. The number of nitrogens with zero attached hydrogens (tertiary/aromatic N) is 1. The molecule has 0 aromatic heterocycles. The van der Waals surface area contributed by atoms with Crippen LogP contribution in [0.25, 0.3) is 11.1 Å². The predicted octanol–water partition coefficient (Wildman–Crippen LogP) is 10.3. The lowest BCUT2D eigenvalue weighted by Crippen LogP contribution is -2.41. The van der Waals surface area contributed by atoms with Gasteiger partial charge >= 0.3 is 5.97 Å². The molecule has 6 rings (SSSR count). The molecule has 2 saturated carbocycles. The average molecular weight is 676 g/mol. The molecule has 2 heterocycles. The van der Waals surface area contributed by atoms with Crippen LogP contribution in [0.2, 0.25) is 0 Å². The Morgan fingerprint density at radius 3 is 2.37 bits per heavy atom. The first-order valence-electron chi connectivity index (χ1n) is 19.5. The summed E-state index contributed by atoms with van der Waals surface area (Å²) < 4.78 is 35.4. The molecular formula is C43H62FNO4. The fourth-order valence-electron chi connectivity index (χ4n) is 9.64. The summed E-state index contributed by atoms with van der Waals surface area (Å²) in [5.74, 6) is 0.996. The van der Waals surface area contributed by atoms with Crippen LogP contribution in [-0.2, 0) is 33.7 Å². The van der Waals surface area contributed by atoms with Gasteiger partial charge in [-0.05, 0) is 149 Å². The van der Waals surface area contributed by atoms with Gasteiger partial charge in [0.15, 0.2) is 17.7 Å². The molecule has 4 atom stereocenters. The van der Waals surface area contributed by atoms with Crippen molar-refractivity contribution in [3.8, 4) is 16.9 Å². The van der Waals surface area contributed by atoms with E-state index in [-0.39, 0.29) is 17.9 Å². The van der Waals surface area contributed by atoms with Gasteiger partial charge in [-0.2, -0.15) is 0 Å². The minimum absolute atomic E-state index is 0.145. The first-order chi connectivity index (χ1) is 23.2. The van der Waals surface area contributed by atoms with Crippen LogP contribution in [0.15, 0.2) is 6.07 Å². The van der Waals surface area contributed by atoms with Gasteiger partial charge in [-0.3, -0.25) is 4.90 Å². The Morgan fingerprint density at radius 2 is 1.67 bits per heavy atom. The highest BCUT2D eigenvalue weighted by atomic mass is 19.1. The lowest BCUT2D eigenvalue weighted by Gasteiger charge is -2.41. The zero-order valence-electron chi connectivity index (χ0n) is 31.9. The molecule has 0 amide bonds. The number of ether oxygens (including phenoxy) is 3. The smallest absolute Gasteiger partial charge is 0.340 e. The molecule has 2 aliphatic carbocycles. The number of benzene rings is 2. The van der Waals surface area contributed by atoms with E-state index < -0.39 is 11.7 Å². The first kappa shape index (κ1) is 36.4. The quantitative estimate of drug-likeness (QED) is 0.274. The van der Waals surface area contributed by atoms with Crippen molar-refractivity contribution in [2.24, 2.45) is 17.8 Å². The molecule has 3 unspecified atom stereocenters. The zero-order valence-corrected chi connectivity index (χ0v) is 31.9. The first-order valence-corrected chi connectivity index (χ1v) is 19.5. The van der Waals surface area contributed by atoms with E-state index in [0.717, 1.165) is 90.6 Å². The predicted molar refractivity (Wildman–Crippen MR) is 196 cm³/mol. The van der Waals surface area contributed by atoms with E-state index >= 15 is 4.39 Å². The highest BCUT2D eigenvalue weighted by molar-refractivity contribution is 5.86. The third kappa shape index (κ3) is 7.47. The number of hydrogen-bond acceptors (Lipinski definition) is 5. The van der Waals surface area contributed by atoms with Crippen molar-refractivity contribution >= 4 is 5.97 Å². The van der Waals surface area contributed by atoms with Gasteiger partial charge in [0.05, 0.1) is 12.2 Å². The van der Waals surface area contributed by atoms with E-state index in [1.165, 1.54) is 43.2 Å². The van der Waals surface area contributed by atoms with Crippen molar-refractivity contribution in [1.29, 1.82) is 0 Å². The summed E-state index contributed by atoms with van der Waals surface area (Å²) in [7, 11) is 0. The van der Waals surface area contributed by atoms with Crippen LogP contribution in [-0.4, -0.2) is 41.8 Å². The molecule has 0 radical (unpaired) electrons. The Hall–Kier alpha value is -2.44. The van der Waals surface area contributed by atoms with Crippen LogP contribution < -0.4 is 4.74 Å². The van der Waals surface area contributed by atoms with Crippen LogP contribution in [0.5, 0.6) is 5.75 Å². The Bertz CT molecular complexity index is 1530. The summed E-state index contributed by atoms with van der Waals surface area (Å²) in [6, 6.07) is 2.28. The van der Waals surface area contributed by atoms with Gasteiger partial charge in [0, 0.05) is 30.3 Å². The highest BCUT2D eigenvalue weighted by Gasteiger charge is 2.40. The minimum Gasteiger partial charge on any atom is -0.490 e. The summed E-state index contributed by atoms with van der Waals surface area (Å²) in [6.07, 6.45) is 11.1. The highest BCUT2D eigenvalue weighted by Crippen LogP contribution is 2.47. The molecule has 49 heavy (non-hydrogen) atoms. The van der Waals surface area contributed by atoms with Crippen LogP contribution in [0, 0.1) is 44.3 Å². The van der Waals surface area contributed by atoms with Crippen molar-refractivity contribution in [3.05, 3.63) is 50.8 Å². The number of esters is 1. The standard InChI is InChI=1S/C43H62FNO4/c1-25(2)31-18-17-26(3)22-37(31)48-42(46)41(49-43(7,8)9)39-28(5)32-19-20-45(30-14-11-10-12-15-30)24-35(32)29(6)38(39)34-23-36(44)40-33(27(34)4)16-13-21-47-40/h23,25-26,30-31,37,41H,10-22,24H2,1-9H3/t26?,31?,37?,41-/m0/s1. The molecule has 2 fully saturated rings. The molecule has 2 aromatic rings. The Balaban J connectivity index is 1.53. The van der Waals surface area contributed by atoms with E-state index in [0.29, 0.717) is 36.2 Å². The molecular weight excluding hydrogens is 613 g/mol. The van der Waals surface area contributed by atoms with Crippen molar-refractivity contribution in [1.82, 2.24) is 4.90 Å². The maximum Gasteiger partial charge on any atom is 0.340 e. The van der Waals surface area contributed by atoms with Gasteiger partial charge in [-0.25, -0.2) is 9.18 Å². The normalized spacial score (nSPS) is 24.3. The molecule has 5 nitrogen and oxygen atoms in total. The summed E-state index contributed by atoms with van der Waals surface area (Å²) in [5.41, 5.74) is 8.89. The zero-order chi connectivity index (χ0) is 35.2. The molecule has 270 valence electrons. The maximum absolute atomic E-state index is 16.0. The van der Waals surface area contributed by atoms with Crippen LogP contribution in [0.4, 0.5) is 4.39 Å². The van der Waals surface area contributed by atoms with Crippen molar-refractivity contribution in [3.63, 3.8) is 0 Å². The number of fused-ring (bicyclic) bond motifs is 2. The fourth-order valence-corrected chi connectivity index (χ4v) is 9.64. The third-order valence-corrected chi connectivity index (χ3v) is 12.3. The number of carbonyl (C=O) groups excluding carboxylic acids is 1. The molecule has 0 saturated heterocycles. The van der Waals surface area contributed by atoms with Crippen LogP contribution in [0.3, 0.4) is 0 Å². The number of hydrogen-bond donors (Lipinski definition) is 0. The van der Waals surface area contributed by atoms with E-state index in [1.807, 2.05) is 20.8 Å². The molecule has 2 aliphatic heterocycles. The van der Waals surface area contributed by atoms with Gasteiger partial charge < -0.3 is 14.2 Å². The lowest BCUT2D eigenvalue weighted by atomic mass is 9.75. The van der Waals surface area contributed by atoms with E-state index in [4.69, 9.17) is 14.2 Å². The minimum atomic E-state index is -0.935. The van der Waals surface area contributed by atoms with Gasteiger partial charge in [0.25, 0.3) is 0 Å². The number of halogens is 1. The Morgan fingerprint density at radius 1 is 0.939 bits per heavy atom. The largest absolute Gasteiger partial charge is 0.490 e. The average Bonchev–Trinajstić information content (AvgIpc) is 3.07. The summed E-state index contributed by atoms with van der Waals surface area (Å²) in [5, 5.41) is 0. The topological polar surface area (TPSA) is 48.0 Å². The monoisotopic (exact) mass is 675 g/mol. The molecule has 0 bridgehead atoms. The third-order valence-electron chi connectivity index (χ3n) is 12.3. The summed E-state index contributed by atoms with van der Waals surface area (Å²) in [4.78, 5) is 17.5. The van der Waals surface area contributed by atoms with Gasteiger partial charge in [0.1, 0.15) is 6.10 Å². The second kappa shape index (κ2) is 14.7. The molecule has 0 N–H and O–H groups in total. The van der Waals surface area contributed by atoms with Crippen molar-refractivity contribution < 1.29 is 23.4 Å². The van der Waals surface area contributed by atoms with Gasteiger partial charge in [0.2, 0.25) is 0 Å². The Kier molecular flexibility index (Phi) is 10.9. The summed E-state index contributed by atoms with van der Waals surface area (Å²) >= 11 is 0. The van der Waals surface area contributed by atoms with Crippen molar-refractivity contribution in [2.45, 2.75) is 163 Å². The molecule has 0 spiro atoms. The Labute approximate surface area is 295 Å². The van der Waals surface area contributed by atoms with Crippen LogP contribution in [0.1, 0.15) is 144 Å². The lowest BCUT2D eigenvalue weighted by molar-refractivity contribution is -0.178. The summed E-state index contributed by atoms with van der Waals surface area (Å²) in [6.45, 7) is 21.7. The van der Waals surface area contributed by atoms with Crippen LogP contribution >= 0.6 is 0 Å². The van der Waals surface area contributed by atoms with Crippen molar-refractivity contribution in [2.75, 3.05) is 13.2 Å². The molecule has 6 heteroatoms.